The minimum absolute atomic E-state index is 0.00672. The van der Waals surface area contributed by atoms with Crippen molar-refractivity contribution >= 4 is 11.4 Å². The molecule has 1 aliphatic carbocycles. The third-order valence-electron chi connectivity index (χ3n) is 4.45. The number of anilines is 1. The number of nitrogens with two attached hydrogens (primary N) is 1. The lowest BCUT2D eigenvalue weighted by Gasteiger charge is -2.23. The summed E-state index contributed by atoms with van der Waals surface area (Å²) < 4.78 is 0. The van der Waals surface area contributed by atoms with Crippen LogP contribution in [-0.4, -0.2) is 4.92 Å². The number of nitro groups is 1. The molecule has 0 radical (unpaired) electrons. The fourth-order valence-corrected chi connectivity index (χ4v) is 3.34. The molecule has 0 saturated heterocycles. The fourth-order valence-electron chi connectivity index (χ4n) is 3.34. The molecule has 2 N–H and O–H groups in total. The maximum absolute atomic E-state index is 10.8. The molecule has 24 heavy (non-hydrogen) atoms. The first-order valence-corrected chi connectivity index (χ1v) is 7.60. The predicted octanol–water partition coefficient (Wildman–Crippen LogP) is 3.47. The van der Waals surface area contributed by atoms with E-state index in [9.17, 15) is 20.6 Å². The van der Waals surface area contributed by atoms with Gasteiger partial charge in [0.25, 0.3) is 5.69 Å². The number of fused-ring (bicyclic) bond motifs is 1. The fraction of sp³-hybridized carbons (Fsp3) is 0.222. The molecule has 2 aromatic carbocycles. The van der Waals surface area contributed by atoms with Crippen molar-refractivity contribution in [2.45, 2.75) is 25.7 Å². The maximum atomic E-state index is 10.8. The number of hydrogen-bond acceptors (Lipinski definition) is 5. The number of hydrogen-bond donors (Lipinski definition) is 1. The Labute approximate surface area is 138 Å². The van der Waals surface area contributed by atoms with E-state index in [-0.39, 0.29) is 16.9 Å². The van der Waals surface area contributed by atoms with Crippen molar-refractivity contribution in [3.63, 3.8) is 0 Å². The molecule has 2 aromatic rings. The highest BCUT2D eigenvalue weighted by atomic mass is 16.6. The molecule has 0 aromatic heterocycles. The van der Waals surface area contributed by atoms with E-state index in [1.54, 1.807) is 12.1 Å². The maximum Gasteiger partial charge on any atom is 0.269 e. The van der Waals surface area contributed by atoms with E-state index in [1.165, 1.54) is 12.1 Å². The molecule has 0 atom stereocenters. The number of non-ortho nitro benzene ring substituents is 1. The van der Waals surface area contributed by atoms with Crippen LogP contribution in [-0.2, 0) is 12.8 Å². The molecule has 1 aliphatic rings. The second-order valence-electron chi connectivity index (χ2n) is 5.73. The van der Waals surface area contributed by atoms with Gasteiger partial charge in [-0.05, 0) is 54.5 Å². The van der Waals surface area contributed by atoms with Crippen molar-refractivity contribution < 1.29 is 4.92 Å². The normalized spacial score (nSPS) is 12.8. The van der Waals surface area contributed by atoms with Gasteiger partial charge in [-0.15, -0.1) is 0 Å². The van der Waals surface area contributed by atoms with Gasteiger partial charge >= 0.3 is 0 Å². The first kappa shape index (κ1) is 15.5. The van der Waals surface area contributed by atoms with Crippen molar-refractivity contribution in [3.8, 4) is 23.3 Å². The standard InChI is InChI=1S/C18H14N4O2/c19-9-15-13-3-1-2-4-14(13)17(16(10-20)18(15)21)11-5-7-12(8-6-11)22(23)24/h5-8H,1-4,21H2. The zero-order valence-corrected chi connectivity index (χ0v) is 12.9. The van der Waals surface area contributed by atoms with E-state index in [1.807, 2.05) is 0 Å². The highest BCUT2D eigenvalue weighted by molar-refractivity contribution is 5.85. The average molecular weight is 318 g/mol. The highest BCUT2D eigenvalue weighted by Gasteiger charge is 2.25. The molecular formula is C18H14N4O2. The van der Waals surface area contributed by atoms with Crippen LogP contribution < -0.4 is 5.73 Å². The van der Waals surface area contributed by atoms with E-state index < -0.39 is 4.92 Å². The zero-order chi connectivity index (χ0) is 17.3. The molecule has 118 valence electrons. The van der Waals surface area contributed by atoms with Gasteiger partial charge in [-0.2, -0.15) is 10.5 Å². The van der Waals surface area contributed by atoms with E-state index in [0.717, 1.165) is 36.8 Å². The quantitative estimate of drug-likeness (QED) is 0.517. The lowest BCUT2D eigenvalue weighted by atomic mass is 9.80. The van der Waals surface area contributed by atoms with Crippen LogP contribution in [0.25, 0.3) is 11.1 Å². The second kappa shape index (κ2) is 6.02. The Morgan fingerprint density at radius 1 is 1.00 bits per heavy atom. The molecule has 0 saturated carbocycles. The number of nitro benzene ring substituents is 1. The first-order chi connectivity index (χ1) is 11.6. The third kappa shape index (κ3) is 2.35. The van der Waals surface area contributed by atoms with Gasteiger partial charge in [0.2, 0.25) is 0 Å². The largest absolute Gasteiger partial charge is 0.397 e. The third-order valence-corrected chi connectivity index (χ3v) is 4.45. The summed E-state index contributed by atoms with van der Waals surface area (Å²) in [6.07, 6.45) is 3.48. The molecule has 0 heterocycles. The van der Waals surface area contributed by atoms with Crippen LogP contribution in [0, 0.1) is 32.8 Å². The molecule has 0 fully saturated rings. The monoisotopic (exact) mass is 318 g/mol. The Balaban J connectivity index is 2.31. The summed E-state index contributed by atoms with van der Waals surface area (Å²) in [6, 6.07) is 10.4. The first-order valence-electron chi connectivity index (χ1n) is 7.60. The summed E-state index contributed by atoms with van der Waals surface area (Å²) in [5.41, 5.74) is 10.3. The summed E-state index contributed by atoms with van der Waals surface area (Å²) >= 11 is 0. The summed E-state index contributed by atoms with van der Waals surface area (Å²) in [4.78, 5) is 10.4. The number of nitrogen functional groups attached to an aromatic ring is 1. The van der Waals surface area contributed by atoms with Gasteiger partial charge in [0, 0.05) is 17.7 Å². The molecule has 0 aliphatic heterocycles. The second-order valence-corrected chi connectivity index (χ2v) is 5.73. The van der Waals surface area contributed by atoms with E-state index in [0.29, 0.717) is 16.7 Å². The van der Waals surface area contributed by atoms with Gasteiger partial charge in [-0.25, -0.2) is 0 Å². The van der Waals surface area contributed by atoms with Crippen molar-refractivity contribution in [2.75, 3.05) is 5.73 Å². The zero-order valence-electron chi connectivity index (χ0n) is 12.9. The van der Waals surface area contributed by atoms with E-state index in [2.05, 4.69) is 12.1 Å². The molecule has 0 bridgehead atoms. The predicted molar refractivity (Wildman–Crippen MR) is 89.0 cm³/mol. The summed E-state index contributed by atoms with van der Waals surface area (Å²) in [5.74, 6) is 0. The Morgan fingerprint density at radius 3 is 2.12 bits per heavy atom. The number of rotatable bonds is 2. The summed E-state index contributed by atoms with van der Waals surface area (Å²) in [6.45, 7) is 0. The van der Waals surface area contributed by atoms with Crippen LogP contribution >= 0.6 is 0 Å². The minimum Gasteiger partial charge on any atom is -0.397 e. The Bertz CT molecular complexity index is 918. The lowest BCUT2D eigenvalue weighted by molar-refractivity contribution is -0.384. The van der Waals surface area contributed by atoms with Crippen LogP contribution in [0.5, 0.6) is 0 Å². The van der Waals surface area contributed by atoms with Crippen LogP contribution in [0.1, 0.15) is 35.1 Å². The molecule has 3 rings (SSSR count). The van der Waals surface area contributed by atoms with Gasteiger partial charge in [-0.1, -0.05) is 0 Å². The van der Waals surface area contributed by atoms with Crippen molar-refractivity contribution in [3.05, 3.63) is 56.6 Å². The minimum atomic E-state index is -0.461. The SMILES string of the molecule is N#Cc1c(N)c(C#N)c(-c2ccc([N+](=O)[O-])cc2)c2c1CCCC2. The number of benzene rings is 2. The topological polar surface area (TPSA) is 117 Å². The van der Waals surface area contributed by atoms with E-state index >= 15 is 0 Å². The van der Waals surface area contributed by atoms with Gasteiger partial charge in [0.15, 0.2) is 0 Å². The lowest BCUT2D eigenvalue weighted by Crippen LogP contribution is -2.12. The van der Waals surface area contributed by atoms with Gasteiger partial charge in [0.1, 0.15) is 12.1 Å². The highest BCUT2D eigenvalue weighted by Crippen LogP contribution is 2.40. The Kier molecular flexibility index (Phi) is 3.89. The molecule has 0 unspecified atom stereocenters. The van der Waals surface area contributed by atoms with Crippen molar-refractivity contribution in [2.24, 2.45) is 0 Å². The summed E-state index contributed by atoms with van der Waals surface area (Å²) in [7, 11) is 0. The van der Waals surface area contributed by atoms with Gasteiger partial charge in [-0.3, -0.25) is 10.1 Å². The number of nitriles is 2. The molecule has 6 nitrogen and oxygen atoms in total. The van der Waals surface area contributed by atoms with Crippen LogP contribution in [0.3, 0.4) is 0 Å². The van der Waals surface area contributed by atoms with Gasteiger partial charge < -0.3 is 5.73 Å². The molecular weight excluding hydrogens is 304 g/mol. The molecule has 6 heteroatoms. The van der Waals surface area contributed by atoms with Gasteiger partial charge in [0.05, 0.1) is 21.7 Å². The van der Waals surface area contributed by atoms with E-state index in [4.69, 9.17) is 5.73 Å². The molecule has 0 amide bonds. The van der Waals surface area contributed by atoms with Crippen LogP contribution in [0.4, 0.5) is 11.4 Å². The summed E-state index contributed by atoms with van der Waals surface area (Å²) in [5, 5.41) is 29.9. The van der Waals surface area contributed by atoms with Crippen LogP contribution in [0.15, 0.2) is 24.3 Å². The Hall–Kier alpha value is -3.38. The van der Waals surface area contributed by atoms with Crippen molar-refractivity contribution in [1.29, 1.82) is 10.5 Å². The van der Waals surface area contributed by atoms with Crippen molar-refractivity contribution in [1.82, 2.24) is 0 Å². The Morgan fingerprint density at radius 2 is 1.58 bits per heavy atom. The van der Waals surface area contributed by atoms with Crippen LogP contribution in [0.2, 0.25) is 0 Å². The smallest absolute Gasteiger partial charge is 0.269 e. The number of nitrogens with zero attached hydrogens (tertiary/aromatic N) is 3. The molecule has 0 spiro atoms. The average Bonchev–Trinajstić information content (AvgIpc) is 2.61.